The van der Waals surface area contributed by atoms with Gasteiger partial charge in [0.1, 0.15) is 34.6 Å². The molecule has 2 N–H and O–H groups in total. The number of aryl methyl sites for hydroxylation is 4. The number of nitrogens with one attached hydrogen (secondary N) is 2. The molecule has 0 aliphatic heterocycles. The lowest BCUT2D eigenvalue weighted by Crippen LogP contribution is -2.03. The van der Waals surface area contributed by atoms with Crippen LogP contribution in [0.15, 0.2) is 29.3 Å². The van der Waals surface area contributed by atoms with E-state index in [0.29, 0.717) is 11.6 Å². The molecule has 5 aromatic rings. The zero-order chi connectivity index (χ0) is 23.4. The number of benzene rings is 1. The Bertz CT molecular complexity index is 1540. The van der Waals surface area contributed by atoms with Crippen LogP contribution in [-0.4, -0.2) is 37.0 Å². The summed E-state index contributed by atoms with van der Waals surface area (Å²) in [5.74, 6) is 3.60. The number of hydrogen-bond acceptors (Lipinski definition) is 7. The predicted octanol–water partition coefficient (Wildman–Crippen LogP) is 5.21. The van der Waals surface area contributed by atoms with Gasteiger partial charge in [-0.05, 0) is 45.4 Å². The molecule has 168 valence electrons. The minimum absolute atomic E-state index is 0.650. The Morgan fingerprint density at radius 2 is 1.97 bits per heavy atom. The van der Waals surface area contributed by atoms with Gasteiger partial charge in [0.2, 0.25) is 0 Å². The van der Waals surface area contributed by atoms with Gasteiger partial charge in [0, 0.05) is 29.6 Å². The maximum atomic E-state index is 5.77. The summed E-state index contributed by atoms with van der Waals surface area (Å²) < 4.78 is 12.9. The van der Waals surface area contributed by atoms with Crippen LogP contribution in [0.3, 0.4) is 0 Å². The first-order valence-corrected chi connectivity index (χ1v) is 10.5. The van der Waals surface area contributed by atoms with Crippen LogP contribution in [0.1, 0.15) is 29.9 Å². The molecule has 0 saturated heterocycles. The molecule has 0 fully saturated rings. The highest BCUT2D eigenvalue weighted by atomic mass is 16.5. The molecule has 5 rings (SSSR count). The van der Waals surface area contributed by atoms with Crippen LogP contribution in [0, 0.1) is 20.8 Å². The molecule has 0 bridgehead atoms. The van der Waals surface area contributed by atoms with Gasteiger partial charge < -0.3 is 19.6 Å². The molecule has 33 heavy (non-hydrogen) atoms. The summed E-state index contributed by atoms with van der Waals surface area (Å²) >= 11 is 0. The molecular formula is C24H25N7O2. The number of aromatic amines is 1. The predicted molar refractivity (Wildman–Crippen MR) is 129 cm³/mol. The highest BCUT2D eigenvalue weighted by molar-refractivity contribution is 6.13. The normalized spacial score (nSPS) is 11.5. The summed E-state index contributed by atoms with van der Waals surface area (Å²) in [6.45, 7) is 11.6. The van der Waals surface area contributed by atoms with Crippen molar-refractivity contribution in [2.75, 3.05) is 12.4 Å². The Morgan fingerprint density at radius 1 is 1.18 bits per heavy atom. The molecule has 1 aromatic carbocycles. The first-order chi connectivity index (χ1) is 15.8. The summed E-state index contributed by atoms with van der Waals surface area (Å²) in [6, 6.07) is 6.00. The molecule has 0 atom stereocenters. The van der Waals surface area contributed by atoms with E-state index in [1.54, 1.807) is 11.8 Å². The number of aromatic nitrogens is 6. The molecule has 4 heterocycles. The number of fused-ring (bicyclic) bond motifs is 3. The van der Waals surface area contributed by atoms with E-state index in [4.69, 9.17) is 14.2 Å². The maximum Gasteiger partial charge on any atom is 0.145 e. The van der Waals surface area contributed by atoms with E-state index in [2.05, 4.69) is 32.1 Å². The standard InChI is InChI=1S/C24H25N7O2/c1-11(2)17-10-20(31(6)29-17)28-24-22-15-9-19(32-7)16(21-12(3)30-33-13(21)4)8-18(15)27-23(22)25-14(5)26-24/h8-10H,1H2,2-7H3,(H2,25,26,27,28). The summed E-state index contributed by atoms with van der Waals surface area (Å²) in [5, 5.41) is 13.9. The number of rotatable bonds is 5. The third kappa shape index (κ3) is 3.32. The van der Waals surface area contributed by atoms with E-state index >= 15 is 0 Å². The molecule has 0 unspecified atom stereocenters. The van der Waals surface area contributed by atoms with Crippen molar-refractivity contribution in [3.8, 4) is 16.9 Å². The van der Waals surface area contributed by atoms with Crippen LogP contribution in [0.2, 0.25) is 0 Å². The number of nitrogens with zero attached hydrogens (tertiary/aromatic N) is 5. The van der Waals surface area contributed by atoms with E-state index in [9.17, 15) is 0 Å². The first-order valence-electron chi connectivity index (χ1n) is 10.5. The minimum Gasteiger partial charge on any atom is -0.496 e. The lowest BCUT2D eigenvalue weighted by Gasteiger charge is -2.10. The summed E-state index contributed by atoms with van der Waals surface area (Å²) in [6.07, 6.45) is 0. The van der Waals surface area contributed by atoms with Crippen molar-refractivity contribution in [1.29, 1.82) is 0 Å². The van der Waals surface area contributed by atoms with E-state index in [1.807, 2.05) is 52.9 Å². The quantitative estimate of drug-likeness (QED) is 0.384. The second-order valence-electron chi connectivity index (χ2n) is 8.21. The van der Waals surface area contributed by atoms with E-state index in [1.165, 1.54) is 0 Å². The average Bonchev–Trinajstić information content (AvgIpc) is 3.41. The van der Waals surface area contributed by atoms with Crippen molar-refractivity contribution in [2.24, 2.45) is 7.05 Å². The number of anilines is 2. The largest absolute Gasteiger partial charge is 0.496 e. The Hall–Kier alpha value is -4.14. The summed E-state index contributed by atoms with van der Waals surface area (Å²) in [7, 11) is 3.54. The Balaban J connectivity index is 1.73. The van der Waals surface area contributed by atoms with Crippen LogP contribution >= 0.6 is 0 Å². The van der Waals surface area contributed by atoms with Crippen LogP contribution in [-0.2, 0) is 7.05 Å². The van der Waals surface area contributed by atoms with Crippen LogP contribution < -0.4 is 10.1 Å². The van der Waals surface area contributed by atoms with Gasteiger partial charge in [0.25, 0.3) is 0 Å². The maximum absolute atomic E-state index is 5.77. The molecule has 4 aromatic heterocycles. The monoisotopic (exact) mass is 443 g/mol. The van der Waals surface area contributed by atoms with Gasteiger partial charge in [0.05, 0.1) is 29.4 Å². The molecule has 9 heteroatoms. The third-order valence-corrected chi connectivity index (χ3v) is 5.75. The molecule has 0 amide bonds. The number of ether oxygens (including phenoxy) is 1. The highest BCUT2D eigenvalue weighted by Gasteiger charge is 2.21. The molecule has 9 nitrogen and oxygen atoms in total. The van der Waals surface area contributed by atoms with E-state index in [0.717, 1.165) is 67.4 Å². The van der Waals surface area contributed by atoms with Crippen molar-refractivity contribution in [3.05, 3.63) is 47.8 Å². The fourth-order valence-electron chi connectivity index (χ4n) is 4.17. The average molecular weight is 444 g/mol. The van der Waals surface area contributed by atoms with Gasteiger partial charge in [0.15, 0.2) is 0 Å². The Morgan fingerprint density at radius 3 is 2.61 bits per heavy atom. The highest BCUT2D eigenvalue weighted by Crippen LogP contribution is 2.41. The SMILES string of the molecule is C=C(C)c1cc(Nc2nc(C)nc3[nH]c4cc(-c5c(C)noc5C)c(OC)cc4c23)n(C)n1. The lowest BCUT2D eigenvalue weighted by atomic mass is 10.0. The molecule has 0 saturated carbocycles. The molecule has 0 aliphatic rings. The number of allylic oxidation sites excluding steroid dienone is 1. The zero-order valence-corrected chi connectivity index (χ0v) is 19.5. The molecule has 0 aliphatic carbocycles. The second-order valence-corrected chi connectivity index (χ2v) is 8.21. The van der Waals surface area contributed by atoms with Gasteiger partial charge in [-0.2, -0.15) is 5.10 Å². The van der Waals surface area contributed by atoms with Gasteiger partial charge in [-0.1, -0.05) is 11.7 Å². The Kier molecular flexibility index (Phi) is 4.70. The molecule has 0 radical (unpaired) electrons. The fourth-order valence-corrected chi connectivity index (χ4v) is 4.17. The lowest BCUT2D eigenvalue weighted by molar-refractivity contribution is 0.393. The first kappa shape index (κ1) is 20.7. The number of methoxy groups -OCH3 is 1. The van der Waals surface area contributed by atoms with Crippen LogP contribution in [0.5, 0.6) is 5.75 Å². The van der Waals surface area contributed by atoms with Crippen molar-refractivity contribution in [2.45, 2.75) is 27.7 Å². The fraction of sp³-hybridized carbons (Fsp3) is 0.250. The van der Waals surface area contributed by atoms with Gasteiger partial charge >= 0.3 is 0 Å². The second kappa shape index (κ2) is 7.47. The topological polar surface area (TPSA) is 107 Å². The Labute approximate surface area is 190 Å². The summed E-state index contributed by atoms with van der Waals surface area (Å²) in [5.41, 5.74) is 6.01. The van der Waals surface area contributed by atoms with Crippen molar-refractivity contribution >= 4 is 39.1 Å². The van der Waals surface area contributed by atoms with E-state index < -0.39 is 0 Å². The smallest absolute Gasteiger partial charge is 0.145 e. The van der Waals surface area contributed by atoms with Crippen LogP contribution in [0.4, 0.5) is 11.6 Å². The summed E-state index contributed by atoms with van der Waals surface area (Å²) in [4.78, 5) is 12.8. The van der Waals surface area contributed by atoms with Crippen LogP contribution in [0.25, 0.3) is 38.6 Å². The van der Waals surface area contributed by atoms with Crippen molar-refractivity contribution < 1.29 is 9.26 Å². The van der Waals surface area contributed by atoms with Crippen molar-refractivity contribution in [3.63, 3.8) is 0 Å². The molecular weight excluding hydrogens is 418 g/mol. The number of hydrogen-bond donors (Lipinski definition) is 2. The van der Waals surface area contributed by atoms with E-state index in [-0.39, 0.29) is 0 Å². The number of H-pyrrole nitrogens is 1. The minimum atomic E-state index is 0.650. The van der Waals surface area contributed by atoms with Crippen molar-refractivity contribution in [1.82, 2.24) is 29.9 Å². The van der Waals surface area contributed by atoms with Gasteiger partial charge in [-0.25, -0.2) is 9.97 Å². The molecule has 0 spiro atoms. The zero-order valence-electron chi connectivity index (χ0n) is 19.5. The third-order valence-electron chi connectivity index (χ3n) is 5.75. The van der Waals surface area contributed by atoms with Gasteiger partial charge in [-0.15, -0.1) is 0 Å². The van der Waals surface area contributed by atoms with Gasteiger partial charge in [-0.3, -0.25) is 4.68 Å².